The molecule has 4 nitrogen and oxygen atoms in total. The van der Waals surface area contributed by atoms with Crippen LogP contribution in [0.1, 0.15) is 24.2 Å². The van der Waals surface area contributed by atoms with Crippen LogP contribution >= 0.6 is 11.6 Å². The van der Waals surface area contributed by atoms with Crippen LogP contribution in [0.15, 0.2) is 30.6 Å². The second-order valence-electron chi connectivity index (χ2n) is 4.48. The number of rotatable bonds is 4. The minimum atomic E-state index is -0.110. The van der Waals surface area contributed by atoms with Crippen LogP contribution in [-0.2, 0) is 0 Å². The van der Waals surface area contributed by atoms with Gasteiger partial charge in [0.05, 0.1) is 17.3 Å². The number of pyridine rings is 1. The minimum absolute atomic E-state index is 0.0358. The zero-order valence-corrected chi connectivity index (χ0v) is 11.2. The number of hydrogen-bond acceptors (Lipinski definition) is 2. The van der Waals surface area contributed by atoms with Gasteiger partial charge in [0, 0.05) is 18.1 Å². The number of halogens is 1. The minimum Gasteiger partial charge on any atom is -0.349 e. The Hall–Kier alpha value is -1.55. The summed E-state index contributed by atoms with van der Waals surface area (Å²) in [6, 6.07) is 5.67. The first-order valence-corrected chi connectivity index (χ1v) is 6.46. The van der Waals surface area contributed by atoms with Crippen molar-refractivity contribution in [2.24, 2.45) is 5.92 Å². The molecule has 0 aliphatic carbocycles. The van der Waals surface area contributed by atoms with Crippen molar-refractivity contribution in [2.75, 3.05) is 5.88 Å². The van der Waals surface area contributed by atoms with Gasteiger partial charge in [0.2, 0.25) is 0 Å². The molecule has 0 bridgehead atoms. The summed E-state index contributed by atoms with van der Waals surface area (Å²) in [5.74, 6) is 0.647. The lowest BCUT2D eigenvalue weighted by Crippen LogP contribution is -2.37. The van der Waals surface area contributed by atoms with Crippen molar-refractivity contribution in [3.8, 4) is 0 Å². The number of hydrogen-bond donors (Lipinski definition) is 1. The maximum absolute atomic E-state index is 12.1. The van der Waals surface area contributed by atoms with Crippen molar-refractivity contribution in [1.29, 1.82) is 0 Å². The van der Waals surface area contributed by atoms with Crippen molar-refractivity contribution in [1.82, 2.24) is 14.9 Å². The smallest absolute Gasteiger partial charge is 0.255 e. The molecule has 1 amide bonds. The first kappa shape index (κ1) is 12.9. The third-order valence-electron chi connectivity index (χ3n) is 3.13. The number of nitrogens with one attached hydrogen (secondary N) is 1. The Labute approximate surface area is 111 Å². The Balaban J connectivity index is 2.19. The molecule has 2 heterocycles. The van der Waals surface area contributed by atoms with E-state index >= 15 is 0 Å². The largest absolute Gasteiger partial charge is 0.349 e. The maximum Gasteiger partial charge on any atom is 0.255 e. The molecule has 0 saturated heterocycles. The monoisotopic (exact) mass is 265 g/mol. The lowest BCUT2D eigenvalue weighted by molar-refractivity contribution is 0.0932. The zero-order valence-electron chi connectivity index (χ0n) is 10.4. The van der Waals surface area contributed by atoms with Gasteiger partial charge in [-0.25, -0.2) is 4.52 Å². The molecule has 0 fully saturated rings. The van der Waals surface area contributed by atoms with Gasteiger partial charge in [-0.2, -0.15) is 5.10 Å². The van der Waals surface area contributed by atoms with E-state index < -0.39 is 0 Å². The van der Waals surface area contributed by atoms with E-state index in [9.17, 15) is 4.79 Å². The highest BCUT2D eigenvalue weighted by atomic mass is 35.5. The van der Waals surface area contributed by atoms with Gasteiger partial charge in [0.1, 0.15) is 0 Å². The van der Waals surface area contributed by atoms with E-state index in [0.29, 0.717) is 11.4 Å². The number of fused-ring (bicyclic) bond motifs is 1. The molecule has 18 heavy (non-hydrogen) atoms. The normalized spacial score (nSPS) is 14.4. The quantitative estimate of drug-likeness (QED) is 0.863. The summed E-state index contributed by atoms with van der Waals surface area (Å²) in [4.78, 5) is 12.1. The van der Waals surface area contributed by atoms with Crippen LogP contribution in [0.25, 0.3) is 5.52 Å². The number of carbonyl (C=O) groups is 1. The molecule has 2 atom stereocenters. The molecular formula is C13H16ClN3O. The van der Waals surface area contributed by atoms with Gasteiger partial charge in [0.15, 0.2) is 0 Å². The Morgan fingerprint density at radius 2 is 2.28 bits per heavy atom. The summed E-state index contributed by atoms with van der Waals surface area (Å²) < 4.78 is 1.69. The predicted octanol–water partition coefficient (Wildman–Crippen LogP) is 2.33. The van der Waals surface area contributed by atoms with E-state index in [-0.39, 0.29) is 17.9 Å². The molecule has 2 aromatic rings. The molecule has 0 spiro atoms. The van der Waals surface area contributed by atoms with Crippen LogP contribution in [0, 0.1) is 5.92 Å². The second kappa shape index (κ2) is 5.40. The van der Waals surface area contributed by atoms with Gasteiger partial charge < -0.3 is 5.32 Å². The molecule has 0 aliphatic rings. The van der Waals surface area contributed by atoms with Gasteiger partial charge in [-0.3, -0.25) is 4.79 Å². The summed E-state index contributed by atoms with van der Waals surface area (Å²) in [7, 11) is 0. The van der Waals surface area contributed by atoms with Gasteiger partial charge in [0.25, 0.3) is 5.91 Å². The molecule has 2 aromatic heterocycles. The van der Waals surface area contributed by atoms with Crippen LogP contribution in [-0.4, -0.2) is 27.4 Å². The molecule has 5 heteroatoms. The van der Waals surface area contributed by atoms with E-state index in [4.69, 9.17) is 11.6 Å². The molecule has 0 saturated carbocycles. The van der Waals surface area contributed by atoms with E-state index in [1.807, 2.05) is 38.2 Å². The standard InChI is InChI=1S/C13H16ClN3O/c1-9(7-14)10(2)16-13(18)11-8-15-17-6-4-3-5-12(11)17/h3-6,8-10H,7H2,1-2H3,(H,16,18). The van der Waals surface area contributed by atoms with E-state index in [2.05, 4.69) is 10.4 Å². The van der Waals surface area contributed by atoms with Crippen molar-refractivity contribution < 1.29 is 4.79 Å². The molecule has 2 unspecified atom stereocenters. The fourth-order valence-electron chi connectivity index (χ4n) is 1.67. The zero-order chi connectivity index (χ0) is 13.1. The predicted molar refractivity (Wildman–Crippen MR) is 72.0 cm³/mol. The van der Waals surface area contributed by atoms with Gasteiger partial charge in [-0.1, -0.05) is 13.0 Å². The van der Waals surface area contributed by atoms with Gasteiger partial charge in [-0.15, -0.1) is 11.6 Å². The summed E-state index contributed by atoms with van der Waals surface area (Å²) >= 11 is 5.78. The lowest BCUT2D eigenvalue weighted by atomic mass is 10.1. The van der Waals surface area contributed by atoms with Crippen LogP contribution in [0.2, 0.25) is 0 Å². The molecule has 96 valence electrons. The Kier molecular flexibility index (Phi) is 3.87. The van der Waals surface area contributed by atoms with E-state index in [1.54, 1.807) is 10.7 Å². The average molecular weight is 266 g/mol. The third kappa shape index (κ3) is 2.48. The molecule has 1 N–H and O–H groups in total. The summed E-state index contributed by atoms with van der Waals surface area (Å²) in [6.07, 6.45) is 3.40. The molecule has 2 rings (SSSR count). The van der Waals surface area contributed by atoms with Gasteiger partial charge in [-0.05, 0) is 25.0 Å². The van der Waals surface area contributed by atoms with Gasteiger partial charge >= 0.3 is 0 Å². The van der Waals surface area contributed by atoms with Crippen molar-refractivity contribution in [2.45, 2.75) is 19.9 Å². The Bertz CT molecular complexity index is 552. The van der Waals surface area contributed by atoms with E-state index in [0.717, 1.165) is 5.52 Å². The summed E-state index contributed by atoms with van der Waals surface area (Å²) in [6.45, 7) is 3.96. The summed E-state index contributed by atoms with van der Waals surface area (Å²) in [5.41, 5.74) is 1.39. The maximum atomic E-state index is 12.1. The number of amides is 1. The SMILES string of the molecule is CC(CCl)C(C)NC(=O)c1cnn2ccccc12. The first-order valence-electron chi connectivity index (χ1n) is 5.92. The molecule has 0 radical (unpaired) electrons. The first-order chi connectivity index (χ1) is 8.63. The number of carbonyl (C=O) groups excluding carboxylic acids is 1. The van der Waals surface area contributed by atoms with Crippen LogP contribution < -0.4 is 5.32 Å². The molecular weight excluding hydrogens is 250 g/mol. The number of aromatic nitrogens is 2. The fourth-order valence-corrected chi connectivity index (χ4v) is 1.94. The Morgan fingerprint density at radius 3 is 3.00 bits per heavy atom. The topological polar surface area (TPSA) is 46.4 Å². The fraction of sp³-hybridized carbons (Fsp3) is 0.385. The number of alkyl halides is 1. The van der Waals surface area contributed by atoms with Crippen LogP contribution in [0.5, 0.6) is 0 Å². The third-order valence-corrected chi connectivity index (χ3v) is 3.61. The highest BCUT2D eigenvalue weighted by Gasteiger charge is 2.17. The average Bonchev–Trinajstić information content (AvgIpc) is 2.81. The number of nitrogens with zero attached hydrogens (tertiary/aromatic N) is 2. The van der Waals surface area contributed by atoms with Crippen molar-refractivity contribution >= 4 is 23.0 Å². The second-order valence-corrected chi connectivity index (χ2v) is 4.79. The highest BCUT2D eigenvalue weighted by molar-refractivity contribution is 6.18. The molecule has 0 aromatic carbocycles. The Morgan fingerprint density at radius 1 is 1.50 bits per heavy atom. The molecule has 0 aliphatic heterocycles. The van der Waals surface area contributed by atoms with Crippen molar-refractivity contribution in [3.05, 3.63) is 36.2 Å². The van der Waals surface area contributed by atoms with Crippen LogP contribution in [0.3, 0.4) is 0 Å². The summed E-state index contributed by atoms with van der Waals surface area (Å²) in [5, 5.41) is 7.09. The lowest BCUT2D eigenvalue weighted by Gasteiger charge is -2.18. The highest BCUT2D eigenvalue weighted by Crippen LogP contribution is 2.11. The van der Waals surface area contributed by atoms with Crippen LogP contribution in [0.4, 0.5) is 0 Å². The van der Waals surface area contributed by atoms with Crippen molar-refractivity contribution in [3.63, 3.8) is 0 Å². The van der Waals surface area contributed by atoms with E-state index in [1.165, 1.54) is 0 Å².